The minimum atomic E-state index is -0.328. The summed E-state index contributed by atoms with van der Waals surface area (Å²) in [6.07, 6.45) is 0.186. The Balaban J connectivity index is 2.80. The highest BCUT2D eigenvalue weighted by Gasteiger charge is 2.18. The third kappa shape index (κ3) is 3.98. The van der Waals surface area contributed by atoms with Crippen molar-refractivity contribution in [1.82, 2.24) is 4.90 Å². The Hall–Kier alpha value is -2.04. The van der Waals surface area contributed by atoms with E-state index in [0.29, 0.717) is 24.4 Å². The molecule has 0 N–H and O–H groups in total. The van der Waals surface area contributed by atoms with Gasteiger partial charge in [0.2, 0.25) is 0 Å². The van der Waals surface area contributed by atoms with Crippen LogP contribution in [0.15, 0.2) is 24.3 Å². The second-order valence-corrected chi connectivity index (χ2v) is 3.91. The first kappa shape index (κ1) is 15.0. The number of esters is 1. The molecule has 1 aromatic carbocycles. The number of para-hydroxylation sites is 1. The van der Waals surface area contributed by atoms with Gasteiger partial charge in [0.15, 0.2) is 0 Å². The van der Waals surface area contributed by atoms with Crippen molar-refractivity contribution < 1.29 is 19.1 Å². The lowest BCUT2D eigenvalue weighted by molar-refractivity contribution is -0.140. The van der Waals surface area contributed by atoms with Gasteiger partial charge in [-0.05, 0) is 19.1 Å². The third-order valence-electron chi connectivity index (χ3n) is 2.82. The van der Waals surface area contributed by atoms with Gasteiger partial charge in [-0.25, -0.2) is 0 Å². The minimum absolute atomic E-state index is 0.149. The summed E-state index contributed by atoms with van der Waals surface area (Å²) >= 11 is 0. The van der Waals surface area contributed by atoms with E-state index in [0.717, 1.165) is 0 Å². The van der Waals surface area contributed by atoms with Gasteiger partial charge in [0, 0.05) is 13.1 Å². The summed E-state index contributed by atoms with van der Waals surface area (Å²) < 4.78 is 9.74. The molecule has 0 saturated carbocycles. The van der Waals surface area contributed by atoms with Crippen LogP contribution in [0.1, 0.15) is 23.7 Å². The van der Waals surface area contributed by atoms with Crippen LogP contribution in [0.25, 0.3) is 0 Å². The average Bonchev–Trinajstić information content (AvgIpc) is 2.47. The Morgan fingerprint density at radius 1 is 1.21 bits per heavy atom. The molecule has 1 amide bonds. The number of hydrogen-bond donors (Lipinski definition) is 0. The zero-order valence-electron chi connectivity index (χ0n) is 11.5. The Bertz CT molecular complexity index is 445. The van der Waals surface area contributed by atoms with Crippen LogP contribution in [-0.2, 0) is 9.53 Å². The molecule has 0 aliphatic carbocycles. The topological polar surface area (TPSA) is 55.8 Å². The van der Waals surface area contributed by atoms with E-state index in [1.807, 2.05) is 6.92 Å². The first-order chi connectivity index (χ1) is 9.13. The maximum Gasteiger partial charge on any atom is 0.307 e. The number of carbonyl (C=O) groups excluding carboxylic acids is 2. The molecular formula is C14H19NO4. The molecule has 0 atom stereocenters. The van der Waals surface area contributed by atoms with Crippen LogP contribution in [-0.4, -0.2) is 44.1 Å². The van der Waals surface area contributed by atoms with E-state index < -0.39 is 0 Å². The smallest absolute Gasteiger partial charge is 0.307 e. The highest BCUT2D eigenvalue weighted by molar-refractivity contribution is 5.97. The van der Waals surface area contributed by atoms with Crippen molar-refractivity contribution in [1.29, 1.82) is 0 Å². The quantitative estimate of drug-likeness (QED) is 0.735. The molecule has 19 heavy (non-hydrogen) atoms. The maximum absolute atomic E-state index is 12.4. The van der Waals surface area contributed by atoms with Gasteiger partial charge in [-0.2, -0.15) is 0 Å². The lowest BCUT2D eigenvalue weighted by atomic mass is 10.1. The Morgan fingerprint density at radius 2 is 1.89 bits per heavy atom. The van der Waals surface area contributed by atoms with E-state index in [9.17, 15) is 9.59 Å². The largest absolute Gasteiger partial charge is 0.496 e. The van der Waals surface area contributed by atoms with Crippen LogP contribution in [0.4, 0.5) is 0 Å². The molecule has 5 heteroatoms. The van der Waals surface area contributed by atoms with E-state index in [2.05, 4.69) is 4.74 Å². The Labute approximate surface area is 113 Å². The van der Waals surface area contributed by atoms with Gasteiger partial charge in [0.1, 0.15) is 5.75 Å². The fourth-order valence-corrected chi connectivity index (χ4v) is 1.72. The van der Waals surface area contributed by atoms with Crippen molar-refractivity contribution in [3.8, 4) is 5.75 Å². The number of nitrogens with zero attached hydrogens (tertiary/aromatic N) is 1. The summed E-state index contributed by atoms with van der Waals surface area (Å²) in [7, 11) is 2.86. The number of benzene rings is 1. The molecule has 0 bridgehead atoms. The van der Waals surface area contributed by atoms with Crippen LogP contribution in [0, 0.1) is 0 Å². The highest BCUT2D eigenvalue weighted by atomic mass is 16.5. The van der Waals surface area contributed by atoms with Crippen LogP contribution in [0.2, 0.25) is 0 Å². The maximum atomic E-state index is 12.4. The second kappa shape index (κ2) is 7.41. The molecule has 0 fully saturated rings. The molecule has 0 aliphatic rings. The van der Waals surface area contributed by atoms with Crippen molar-refractivity contribution in [3.63, 3.8) is 0 Å². The van der Waals surface area contributed by atoms with Gasteiger partial charge in [-0.15, -0.1) is 0 Å². The number of ether oxygens (including phenoxy) is 2. The summed E-state index contributed by atoms with van der Waals surface area (Å²) in [5.74, 6) is 0.0548. The van der Waals surface area contributed by atoms with Crippen molar-refractivity contribution in [3.05, 3.63) is 29.8 Å². The van der Waals surface area contributed by atoms with Crippen LogP contribution in [0.5, 0.6) is 5.75 Å². The zero-order valence-corrected chi connectivity index (χ0v) is 11.5. The lowest BCUT2D eigenvalue weighted by Gasteiger charge is -2.21. The van der Waals surface area contributed by atoms with E-state index in [1.165, 1.54) is 14.2 Å². The summed E-state index contributed by atoms with van der Waals surface area (Å²) in [4.78, 5) is 25.1. The molecule has 5 nitrogen and oxygen atoms in total. The molecule has 1 aromatic rings. The summed E-state index contributed by atoms with van der Waals surface area (Å²) in [6, 6.07) is 7.04. The zero-order chi connectivity index (χ0) is 14.3. The summed E-state index contributed by atoms with van der Waals surface area (Å²) in [5, 5.41) is 0. The van der Waals surface area contributed by atoms with Gasteiger partial charge in [0.25, 0.3) is 5.91 Å². The molecule has 1 rings (SSSR count). The second-order valence-electron chi connectivity index (χ2n) is 3.91. The number of hydrogen-bond acceptors (Lipinski definition) is 4. The fourth-order valence-electron chi connectivity index (χ4n) is 1.72. The van der Waals surface area contributed by atoms with Gasteiger partial charge < -0.3 is 14.4 Å². The number of amides is 1. The fraction of sp³-hybridized carbons (Fsp3) is 0.429. The Kier molecular flexibility index (Phi) is 5.85. The van der Waals surface area contributed by atoms with E-state index >= 15 is 0 Å². The molecular weight excluding hydrogens is 246 g/mol. The first-order valence-corrected chi connectivity index (χ1v) is 6.13. The molecule has 0 aliphatic heterocycles. The van der Waals surface area contributed by atoms with E-state index in [-0.39, 0.29) is 18.3 Å². The number of carbonyl (C=O) groups is 2. The lowest BCUT2D eigenvalue weighted by Crippen LogP contribution is -2.33. The standard InChI is InChI=1S/C14H19NO4/c1-4-15(10-9-13(16)19-3)14(17)11-7-5-6-8-12(11)18-2/h5-8H,4,9-10H2,1-3H3. The monoisotopic (exact) mass is 265 g/mol. The summed E-state index contributed by atoms with van der Waals surface area (Å²) in [6.45, 7) is 2.72. The number of rotatable bonds is 6. The third-order valence-corrected chi connectivity index (χ3v) is 2.82. The minimum Gasteiger partial charge on any atom is -0.496 e. The Morgan fingerprint density at radius 3 is 2.47 bits per heavy atom. The SMILES string of the molecule is CCN(CCC(=O)OC)C(=O)c1ccccc1OC. The van der Waals surface area contributed by atoms with Gasteiger partial charge >= 0.3 is 5.97 Å². The molecule has 0 aromatic heterocycles. The average molecular weight is 265 g/mol. The van der Waals surface area contributed by atoms with Gasteiger partial charge in [0.05, 0.1) is 26.2 Å². The van der Waals surface area contributed by atoms with Crippen molar-refractivity contribution in [2.24, 2.45) is 0 Å². The van der Waals surface area contributed by atoms with Crippen LogP contribution in [0.3, 0.4) is 0 Å². The molecule has 0 unspecified atom stereocenters. The molecule has 0 radical (unpaired) electrons. The predicted molar refractivity (Wildman–Crippen MR) is 71.2 cm³/mol. The van der Waals surface area contributed by atoms with Crippen molar-refractivity contribution >= 4 is 11.9 Å². The molecule has 0 spiro atoms. The van der Waals surface area contributed by atoms with Crippen molar-refractivity contribution in [2.75, 3.05) is 27.3 Å². The van der Waals surface area contributed by atoms with Gasteiger partial charge in [-0.3, -0.25) is 9.59 Å². The predicted octanol–water partition coefficient (Wildman–Crippen LogP) is 1.72. The molecule has 0 saturated heterocycles. The first-order valence-electron chi connectivity index (χ1n) is 6.13. The van der Waals surface area contributed by atoms with E-state index in [4.69, 9.17) is 4.74 Å². The molecule has 104 valence electrons. The molecule has 0 heterocycles. The normalized spacial score (nSPS) is 9.84. The van der Waals surface area contributed by atoms with E-state index in [1.54, 1.807) is 29.2 Å². The van der Waals surface area contributed by atoms with Crippen LogP contribution < -0.4 is 4.74 Å². The van der Waals surface area contributed by atoms with Gasteiger partial charge in [-0.1, -0.05) is 12.1 Å². The summed E-state index contributed by atoms with van der Waals surface area (Å²) in [5.41, 5.74) is 0.497. The van der Waals surface area contributed by atoms with Crippen LogP contribution >= 0.6 is 0 Å². The van der Waals surface area contributed by atoms with Crippen molar-refractivity contribution in [2.45, 2.75) is 13.3 Å². The highest BCUT2D eigenvalue weighted by Crippen LogP contribution is 2.19. The number of methoxy groups -OCH3 is 2.